The second kappa shape index (κ2) is 14.6. The molecule has 2 aromatic heterocycles. The van der Waals surface area contributed by atoms with Crippen LogP contribution in [0.4, 0.5) is 34.1 Å². The number of rotatable bonds is 6. The van der Waals surface area contributed by atoms with Crippen molar-refractivity contribution in [2.75, 3.05) is 9.80 Å². The lowest BCUT2D eigenvalue weighted by molar-refractivity contribution is 0.662. The molecule has 0 fully saturated rings. The quantitative estimate of drug-likeness (QED) is 0.167. The Kier molecular flexibility index (Phi) is 8.94. The highest BCUT2D eigenvalue weighted by Gasteiger charge is 2.23. The van der Waals surface area contributed by atoms with Gasteiger partial charge in [-0.1, -0.05) is 36.4 Å². The van der Waals surface area contributed by atoms with Crippen molar-refractivity contribution in [3.63, 3.8) is 0 Å². The average molecular weight is 830 g/mol. The van der Waals surface area contributed by atoms with Gasteiger partial charge in [0.2, 0.25) is 0 Å². The van der Waals surface area contributed by atoms with Crippen molar-refractivity contribution in [3.05, 3.63) is 190 Å². The second-order valence-corrected chi connectivity index (χ2v) is 18.1. The monoisotopic (exact) mass is 829 g/mol. The Morgan fingerprint density at radius 3 is 1.11 bits per heavy atom. The van der Waals surface area contributed by atoms with E-state index in [-0.39, 0.29) is 0 Å². The molecule has 5 nitrogen and oxygen atoms in total. The maximum atomic E-state index is 10.5. The topological polar surface area (TPSA) is 56.6 Å². The Bertz CT molecular complexity index is 3620. The van der Waals surface area contributed by atoms with E-state index in [1.165, 1.54) is 44.5 Å². The van der Waals surface area contributed by atoms with Crippen molar-refractivity contribution in [1.82, 2.24) is 0 Å². The van der Waals surface area contributed by atoms with Crippen LogP contribution in [0.15, 0.2) is 148 Å². The van der Waals surface area contributed by atoms with Crippen LogP contribution >= 0.6 is 0 Å². The smallest absolute Gasteiger partial charge is 0.154 e. The van der Waals surface area contributed by atoms with Gasteiger partial charge in [-0.25, -0.2) is 0 Å². The second-order valence-electron chi connectivity index (χ2n) is 18.1. The molecular formula is C59H47N3O2. The van der Waals surface area contributed by atoms with E-state index in [1.807, 2.05) is 6.07 Å². The van der Waals surface area contributed by atoms with Crippen molar-refractivity contribution < 1.29 is 8.83 Å². The Morgan fingerprint density at radius 1 is 0.344 bits per heavy atom. The maximum Gasteiger partial charge on any atom is 0.154 e. The molecule has 11 rings (SSSR count). The summed E-state index contributed by atoms with van der Waals surface area (Å²) in [5.74, 6) is 0. The lowest BCUT2D eigenvalue weighted by atomic mass is 9.99. The molecule has 2 heterocycles. The highest BCUT2D eigenvalue weighted by Crippen LogP contribution is 2.46. The minimum Gasteiger partial charge on any atom is -0.456 e. The molecule has 5 heteroatoms. The summed E-state index contributed by atoms with van der Waals surface area (Å²) in [4.78, 5) is 4.69. The summed E-state index contributed by atoms with van der Waals surface area (Å²) < 4.78 is 13.4. The van der Waals surface area contributed by atoms with Crippen LogP contribution in [-0.4, -0.2) is 0 Å². The lowest BCUT2D eigenvalue weighted by Gasteiger charge is -2.27. The van der Waals surface area contributed by atoms with Crippen molar-refractivity contribution in [2.24, 2.45) is 0 Å². The standard InChI is InChI=1S/C59H47N3O2/c1-33-13-34(2)18-48(17-33)61(49-19-35(3)14-36(4)20-49)46-11-9-41-27-52-54(29-43(41)25-46)63-56-31-45(32-60)59-58(57(52)56)53-28-42-10-12-47(26-44(42)30-55(53)64-59)62(50-21-37(5)15-38(6)22-50)51-23-39(7)16-40(8)24-51/h9-31H,1-8H3. The molecule has 0 atom stereocenters. The summed E-state index contributed by atoms with van der Waals surface area (Å²) in [7, 11) is 0. The Hall–Kier alpha value is -7.81. The summed E-state index contributed by atoms with van der Waals surface area (Å²) in [5.41, 5.74) is 19.5. The zero-order chi connectivity index (χ0) is 44.1. The highest BCUT2D eigenvalue weighted by atomic mass is 16.3. The van der Waals surface area contributed by atoms with Crippen LogP contribution in [0.1, 0.15) is 50.1 Å². The molecule has 0 spiro atoms. The largest absolute Gasteiger partial charge is 0.456 e. The van der Waals surface area contributed by atoms with Gasteiger partial charge in [0.05, 0.1) is 5.56 Å². The number of furan rings is 2. The SMILES string of the molecule is Cc1cc(C)cc(N(c2cc(C)cc(C)c2)c2ccc3cc4c(cc3c2)oc2cc(C#N)c3oc5cc6cc(N(c7cc(C)cc(C)c7)c7cc(C)cc(C)c7)ccc6cc5c3c24)c1. The van der Waals surface area contributed by atoms with Gasteiger partial charge in [0.25, 0.3) is 0 Å². The number of hydrogen-bond acceptors (Lipinski definition) is 5. The van der Waals surface area contributed by atoms with Gasteiger partial charge < -0.3 is 18.6 Å². The molecule has 0 bridgehead atoms. The summed E-state index contributed by atoms with van der Waals surface area (Å²) in [6.07, 6.45) is 0. The van der Waals surface area contributed by atoms with E-state index >= 15 is 0 Å². The summed E-state index contributed by atoms with van der Waals surface area (Å²) in [5, 5.41) is 18.6. The van der Waals surface area contributed by atoms with E-state index < -0.39 is 0 Å². The number of benzene rings is 9. The predicted octanol–water partition coefficient (Wildman–Crippen LogP) is 17.1. The first-order chi connectivity index (χ1) is 30.8. The number of hydrogen-bond donors (Lipinski definition) is 0. The summed E-state index contributed by atoms with van der Waals surface area (Å²) in [6.45, 7) is 17.2. The number of fused-ring (bicyclic) bond motifs is 9. The fourth-order valence-electron chi connectivity index (χ4n) is 10.2. The molecule has 11 aromatic rings. The van der Waals surface area contributed by atoms with Crippen LogP contribution in [0.25, 0.3) is 65.4 Å². The molecule has 9 aromatic carbocycles. The van der Waals surface area contributed by atoms with Gasteiger partial charge in [0.1, 0.15) is 22.8 Å². The number of aryl methyl sites for hydroxylation is 8. The van der Waals surface area contributed by atoms with Crippen molar-refractivity contribution >= 4 is 99.5 Å². The van der Waals surface area contributed by atoms with Crippen LogP contribution in [-0.2, 0) is 0 Å². The molecule has 0 saturated carbocycles. The van der Waals surface area contributed by atoms with Crippen molar-refractivity contribution in [1.29, 1.82) is 5.26 Å². The maximum absolute atomic E-state index is 10.5. The van der Waals surface area contributed by atoms with Crippen LogP contribution in [0.5, 0.6) is 0 Å². The first kappa shape index (κ1) is 39.1. The molecule has 0 aliphatic heterocycles. The lowest BCUT2D eigenvalue weighted by Crippen LogP contribution is -2.11. The minimum absolute atomic E-state index is 0.447. The van der Waals surface area contributed by atoms with Gasteiger partial charge in [0, 0.05) is 61.7 Å². The summed E-state index contributed by atoms with van der Waals surface area (Å²) >= 11 is 0. The van der Waals surface area contributed by atoms with E-state index in [0.29, 0.717) is 16.7 Å². The number of nitriles is 1. The molecule has 0 aliphatic carbocycles. The fraction of sp³-hybridized carbons (Fsp3) is 0.136. The number of anilines is 6. The van der Waals surface area contributed by atoms with Crippen LogP contribution in [0.2, 0.25) is 0 Å². The first-order valence-corrected chi connectivity index (χ1v) is 21.9. The predicted molar refractivity (Wildman–Crippen MR) is 268 cm³/mol. The van der Waals surface area contributed by atoms with Gasteiger partial charge >= 0.3 is 0 Å². The van der Waals surface area contributed by atoms with E-state index in [9.17, 15) is 5.26 Å². The van der Waals surface area contributed by atoms with Gasteiger partial charge in [0.15, 0.2) is 5.58 Å². The Morgan fingerprint density at radius 2 is 0.719 bits per heavy atom. The Balaban J connectivity index is 1.08. The van der Waals surface area contributed by atoms with Gasteiger partial charge in [-0.3, -0.25) is 0 Å². The van der Waals surface area contributed by atoms with Crippen LogP contribution in [0.3, 0.4) is 0 Å². The van der Waals surface area contributed by atoms with E-state index in [0.717, 1.165) is 88.4 Å². The first-order valence-electron chi connectivity index (χ1n) is 21.9. The zero-order valence-corrected chi connectivity index (χ0v) is 37.4. The van der Waals surface area contributed by atoms with E-state index in [2.05, 4.69) is 205 Å². The molecule has 310 valence electrons. The molecular weight excluding hydrogens is 783 g/mol. The van der Waals surface area contributed by atoms with E-state index in [1.54, 1.807) is 0 Å². The van der Waals surface area contributed by atoms with Gasteiger partial charge in [-0.05, 0) is 219 Å². The molecule has 0 radical (unpaired) electrons. The fourth-order valence-corrected chi connectivity index (χ4v) is 10.2. The van der Waals surface area contributed by atoms with Crippen LogP contribution < -0.4 is 9.80 Å². The third kappa shape index (κ3) is 6.62. The van der Waals surface area contributed by atoms with Crippen molar-refractivity contribution in [2.45, 2.75) is 55.4 Å². The van der Waals surface area contributed by atoms with Crippen LogP contribution in [0, 0.1) is 66.7 Å². The van der Waals surface area contributed by atoms with Gasteiger partial charge in [-0.2, -0.15) is 5.26 Å². The van der Waals surface area contributed by atoms with Gasteiger partial charge in [-0.15, -0.1) is 0 Å². The third-order valence-corrected chi connectivity index (χ3v) is 12.6. The number of nitrogens with zero attached hydrogens (tertiary/aromatic N) is 3. The molecule has 0 amide bonds. The minimum atomic E-state index is 0.447. The molecule has 0 aliphatic rings. The summed E-state index contributed by atoms with van der Waals surface area (Å²) in [6, 6.07) is 53.1. The third-order valence-electron chi connectivity index (χ3n) is 12.6. The molecule has 0 unspecified atom stereocenters. The zero-order valence-electron chi connectivity index (χ0n) is 37.4. The Labute approximate surface area is 373 Å². The van der Waals surface area contributed by atoms with Crippen molar-refractivity contribution in [3.8, 4) is 6.07 Å². The molecule has 0 N–H and O–H groups in total. The molecule has 64 heavy (non-hydrogen) atoms. The van der Waals surface area contributed by atoms with E-state index in [4.69, 9.17) is 8.83 Å². The normalized spacial score (nSPS) is 11.7. The average Bonchev–Trinajstić information content (AvgIpc) is 3.77. The molecule has 0 saturated heterocycles. The highest BCUT2D eigenvalue weighted by molar-refractivity contribution is 6.28.